The van der Waals surface area contributed by atoms with Crippen LogP contribution in [0.4, 0.5) is 0 Å². The fourth-order valence-corrected chi connectivity index (χ4v) is 2.50. The van der Waals surface area contributed by atoms with Crippen LogP contribution in [-0.4, -0.2) is 25.8 Å². The third-order valence-corrected chi connectivity index (χ3v) is 4.00. The van der Waals surface area contributed by atoms with Gasteiger partial charge in [0, 0.05) is 10.6 Å². The van der Waals surface area contributed by atoms with Crippen molar-refractivity contribution in [2.24, 2.45) is 0 Å². The van der Waals surface area contributed by atoms with Crippen molar-refractivity contribution in [3.8, 4) is 17.1 Å². The molecule has 0 aliphatic heterocycles. The minimum Gasteiger partial charge on any atom is -0.475 e. The Hall–Kier alpha value is -2.08. The second-order valence-electron chi connectivity index (χ2n) is 4.58. The van der Waals surface area contributed by atoms with Crippen LogP contribution in [-0.2, 0) is 0 Å². The van der Waals surface area contributed by atoms with Crippen molar-refractivity contribution in [1.82, 2.24) is 14.8 Å². The second-order valence-corrected chi connectivity index (χ2v) is 5.84. The van der Waals surface area contributed by atoms with Crippen molar-refractivity contribution in [3.05, 3.63) is 63.4 Å². The maximum absolute atomic E-state index is 11.2. The Labute approximate surface area is 146 Å². The van der Waals surface area contributed by atoms with Gasteiger partial charge in [-0.3, -0.25) is 0 Å². The van der Waals surface area contributed by atoms with Crippen molar-refractivity contribution in [1.29, 1.82) is 0 Å². The molecular weight excluding hydrogens is 361 g/mol. The number of carboxylic acids is 1. The zero-order chi connectivity index (χ0) is 16.6. The van der Waals surface area contributed by atoms with E-state index in [0.717, 1.165) is 0 Å². The summed E-state index contributed by atoms with van der Waals surface area (Å²) >= 11 is 17.9. The van der Waals surface area contributed by atoms with Gasteiger partial charge in [-0.15, -0.1) is 5.10 Å². The lowest BCUT2D eigenvalue weighted by Gasteiger charge is -2.07. The van der Waals surface area contributed by atoms with Crippen molar-refractivity contribution in [2.75, 3.05) is 0 Å². The Bertz CT molecular complexity index is 909. The molecule has 0 saturated heterocycles. The highest BCUT2D eigenvalue weighted by Gasteiger charge is 2.18. The van der Waals surface area contributed by atoms with Crippen molar-refractivity contribution >= 4 is 40.8 Å². The Kier molecular flexibility index (Phi) is 4.26. The first kappa shape index (κ1) is 15.8. The number of halogens is 3. The maximum atomic E-state index is 11.2. The van der Waals surface area contributed by atoms with E-state index >= 15 is 0 Å². The Morgan fingerprint density at radius 1 is 1.04 bits per heavy atom. The van der Waals surface area contributed by atoms with E-state index in [1.807, 2.05) is 0 Å². The van der Waals surface area contributed by atoms with Gasteiger partial charge in [0.2, 0.25) is 0 Å². The van der Waals surface area contributed by atoms with Crippen LogP contribution in [0.15, 0.2) is 42.5 Å². The van der Waals surface area contributed by atoms with E-state index in [-0.39, 0.29) is 5.82 Å². The molecule has 0 atom stereocenters. The summed E-state index contributed by atoms with van der Waals surface area (Å²) in [6.07, 6.45) is 0. The highest BCUT2D eigenvalue weighted by Crippen LogP contribution is 2.28. The molecule has 3 rings (SSSR count). The number of hydrogen-bond donors (Lipinski definition) is 1. The molecule has 0 aliphatic rings. The summed E-state index contributed by atoms with van der Waals surface area (Å²) in [5, 5.41) is 14.4. The summed E-state index contributed by atoms with van der Waals surface area (Å²) < 4.78 is 1.39. The van der Waals surface area contributed by atoms with Crippen molar-refractivity contribution in [2.45, 2.75) is 0 Å². The quantitative estimate of drug-likeness (QED) is 0.734. The topological polar surface area (TPSA) is 68.0 Å². The van der Waals surface area contributed by atoms with E-state index in [4.69, 9.17) is 39.9 Å². The van der Waals surface area contributed by atoms with E-state index in [1.54, 1.807) is 42.5 Å². The monoisotopic (exact) mass is 367 g/mol. The zero-order valence-corrected chi connectivity index (χ0v) is 13.6. The minimum atomic E-state index is -1.23. The fraction of sp³-hybridized carbons (Fsp3) is 0. The van der Waals surface area contributed by atoms with Gasteiger partial charge in [0.05, 0.1) is 15.7 Å². The van der Waals surface area contributed by atoms with Gasteiger partial charge in [0.15, 0.2) is 5.82 Å². The molecule has 23 heavy (non-hydrogen) atoms. The van der Waals surface area contributed by atoms with E-state index in [2.05, 4.69) is 10.1 Å². The molecule has 0 spiro atoms. The smallest absolute Gasteiger partial charge is 0.375 e. The standard InChI is InChI=1S/C15H8Cl3N3O2/c16-9-3-1-2-8(6-9)14-19-13(15(22)23)20-21(14)10-4-5-11(17)12(18)7-10/h1-7H,(H,22,23). The minimum absolute atomic E-state index is 0.327. The number of aromatic nitrogens is 3. The molecule has 5 nitrogen and oxygen atoms in total. The van der Waals surface area contributed by atoms with Crippen LogP contribution in [0.2, 0.25) is 15.1 Å². The van der Waals surface area contributed by atoms with Crippen LogP contribution >= 0.6 is 34.8 Å². The molecule has 0 unspecified atom stereocenters. The molecule has 1 N–H and O–H groups in total. The van der Waals surface area contributed by atoms with Gasteiger partial charge in [-0.05, 0) is 30.3 Å². The first-order valence-corrected chi connectivity index (χ1v) is 7.51. The molecule has 1 heterocycles. The lowest BCUT2D eigenvalue weighted by molar-refractivity contribution is 0.0683. The number of aromatic carboxylic acids is 1. The number of carboxylic acid groups (broad SMARTS) is 1. The highest BCUT2D eigenvalue weighted by molar-refractivity contribution is 6.42. The molecule has 0 aliphatic carbocycles. The number of carbonyl (C=O) groups is 1. The van der Waals surface area contributed by atoms with Crippen LogP contribution in [0.25, 0.3) is 17.1 Å². The number of rotatable bonds is 3. The predicted octanol–water partition coefficient (Wildman–Crippen LogP) is 4.59. The normalized spacial score (nSPS) is 10.7. The lowest BCUT2D eigenvalue weighted by Crippen LogP contribution is -2.02. The van der Waals surface area contributed by atoms with Gasteiger partial charge >= 0.3 is 5.97 Å². The van der Waals surface area contributed by atoms with Crippen LogP contribution in [0.5, 0.6) is 0 Å². The molecule has 0 saturated carbocycles. The molecule has 116 valence electrons. The van der Waals surface area contributed by atoms with E-state index < -0.39 is 5.97 Å². The maximum Gasteiger partial charge on any atom is 0.375 e. The molecular formula is C15H8Cl3N3O2. The molecule has 3 aromatic rings. The van der Waals surface area contributed by atoms with Gasteiger partial charge in [-0.25, -0.2) is 14.5 Å². The molecule has 0 radical (unpaired) electrons. The summed E-state index contributed by atoms with van der Waals surface area (Å²) in [6, 6.07) is 11.7. The molecule has 0 amide bonds. The van der Waals surface area contributed by atoms with E-state index in [9.17, 15) is 4.79 Å². The first-order valence-electron chi connectivity index (χ1n) is 6.37. The average molecular weight is 369 g/mol. The van der Waals surface area contributed by atoms with Gasteiger partial charge < -0.3 is 5.11 Å². The average Bonchev–Trinajstić information content (AvgIpc) is 2.95. The Morgan fingerprint density at radius 2 is 1.83 bits per heavy atom. The highest BCUT2D eigenvalue weighted by atomic mass is 35.5. The van der Waals surface area contributed by atoms with E-state index in [0.29, 0.717) is 32.1 Å². The molecule has 8 heteroatoms. The van der Waals surface area contributed by atoms with Gasteiger partial charge in [-0.1, -0.05) is 46.9 Å². The second kappa shape index (κ2) is 6.20. The Balaban J connectivity index is 2.22. The summed E-state index contributed by atoms with van der Waals surface area (Å²) in [5.74, 6) is -1.22. The van der Waals surface area contributed by atoms with Crippen LogP contribution in [0.1, 0.15) is 10.6 Å². The largest absolute Gasteiger partial charge is 0.475 e. The van der Waals surface area contributed by atoms with Crippen LogP contribution < -0.4 is 0 Å². The summed E-state index contributed by atoms with van der Waals surface area (Å²) in [5.41, 5.74) is 1.16. The number of benzene rings is 2. The van der Waals surface area contributed by atoms with Gasteiger partial charge in [0.25, 0.3) is 5.82 Å². The van der Waals surface area contributed by atoms with Crippen LogP contribution in [0, 0.1) is 0 Å². The molecule has 2 aromatic carbocycles. The summed E-state index contributed by atoms with van der Waals surface area (Å²) in [6.45, 7) is 0. The summed E-state index contributed by atoms with van der Waals surface area (Å²) in [4.78, 5) is 15.3. The van der Waals surface area contributed by atoms with E-state index in [1.165, 1.54) is 4.68 Å². The third-order valence-electron chi connectivity index (χ3n) is 3.03. The lowest BCUT2D eigenvalue weighted by atomic mass is 10.2. The third kappa shape index (κ3) is 3.17. The SMILES string of the molecule is O=C(O)c1nc(-c2cccc(Cl)c2)n(-c2ccc(Cl)c(Cl)c2)n1. The van der Waals surface area contributed by atoms with Gasteiger partial charge in [-0.2, -0.15) is 0 Å². The predicted molar refractivity (Wildman–Crippen MR) is 88.8 cm³/mol. The van der Waals surface area contributed by atoms with Crippen molar-refractivity contribution < 1.29 is 9.90 Å². The molecule has 0 fully saturated rings. The number of hydrogen-bond acceptors (Lipinski definition) is 3. The van der Waals surface area contributed by atoms with Crippen LogP contribution in [0.3, 0.4) is 0 Å². The molecule has 0 bridgehead atoms. The van der Waals surface area contributed by atoms with Gasteiger partial charge in [0.1, 0.15) is 0 Å². The van der Waals surface area contributed by atoms with Crippen molar-refractivity contribution in [3.63, 3.8) is 0 Å². The molecule has 1 aromatic heterocycles. The zero-order valence-electron chi connectivity index (χ0n) is 11.4. The number of nitrogens with zero attached hydrogens (tertiary/aromatic N) is 3. The Morgan fingerprint density at radius 3 is 2.48 bits per heavy atom. The summed E-state index contributed by atoms with van der Waals surface area (Å²) in [7, 11) is 0. The first-order chi connectivity index (χ1) is 11.0. The fourth-order valence-electron chi connectivity index (χ4n) is 2.01.